The lowest BCUT2D eigenvalue weighted by molar-refractivity contribution is 0.204. The van der Waals surface area contributed by atoms with E-state index in [1.54, 1.807) is 17.0 Å². The summed E-state index contributed by atoms with van der Waals surface area (Å²) in [6, 6.07) is 14.9. The molecule has 0 saturated heterocycles. The fourth-order valence-electron chi connectivity index (χ4n) is 3.59. The van der Waals surface area contributed by atoms with Gasteiger partial charge in [0.25, 0.3) is 5.89 Å². The van der Waals surface area contributed by atoms with Crippen LogP contribution in [0, 0.1) is 5.82 Å². The summed E-state index contributed by atoms with van der Waals surface area (Å²) in [5.74, 6) is 0.472. The third kappa shape index (κ3) is 3.83. The van der Waals surface area contributed by atoms with Gasteiger partial charge in [0.15, 0.2) is 0 Å². The van der Waals surface area contributed by atoms with Crippen molar-refractivity contribution in [3.8, 4) is 11.4 Å². The molecule has 1 atom stereocenters. The molecule has 0 spiro atoms. The fraction of sp³-hybridized carbons (Fsp3) is 0.261. The second kappa shape index (κ2) is 8.49. The van der Waals surface area contributed by atoms with Gasteiger partial charge in [0, 0.05) is 17.8 Å². The van der Waals surface area contributed by atoms with E-state index in [2.05, 4.69) is 22.4 Å². The maximum absolute atomic E-state index is 13.5. The molecule has 7 heteroatoms. The topological polar surface area (TPSA) is 71.3 Å². The van der Waals surface area contributed by atoms with E-state index in [4.69, 9.17) is 4.52 Å². The molecule has 2 aromatic carbocycles. The molecular formula is C23H23FN4O2. The Kier molecular flexibility index (Phi) is 5.61. The van der Waals surface area contributed by atoms with Gasteiger partial charge in [0.05, 0.1) is 11.6 Å². The van der Waals surface area contributed by atoms with Gasteiger partial charge >= 0.3 is 6.03 Å². The van der Waals surface area contributed by atoms with Crippen molar-refractivity contribution < 1.29 is 13.7 Å². The van der Waals surface area contributed by atoms with Gasteiger partial charge in [-0.1, -0.05) is 61.0 Å². The molecule has 1 unspecified atom stereocenters. The van der Waals surface area contributed by atoms with Crippen LogP contribution in [-0.4, -0.2) is 27.6 Å². The number of unbranched alkanes of at least 4 members (excludes halogenated alkanes) is 1. The zero-order chi connectivity index (χ0) is 21.1. The number of carbonyl (C=O) groups is 1. The number of rotatable bonds is 6. The summed E-state index contributed by atoms with van der Waals surface area (Å²) in [5, 5.41) is 7.15. The number of nitrogens with one attached hydrogen (secondary N) is 1. The van der Waals surface area contributed by atoms with Crippen molar-refractivity contribution in [1.29, 1.82) is 0 Å². The Balaban J connectivity index is 1.79. The van der Waals surface area contributed by atoms with Crippen LogP contribution < -0.4 is 5.32 Å². The largest absolute Gasteiger partial charge is 0.334 e. The third-order valence-corrected chi connectivity index (χ3v) is 5.22. The van der Waals surface area contributed by atoms with Gasteiger partial charge in [0.1, 0.15) is 5.82 Å². The van der Waals surface area contributed by atoms with E-state index in [1.165, 1.54) is 12.1 Å². The van der Waals surface area contributed by atoms with Gasteiger partial charge in [-0.05, 0) is 31.0 Å². The summed E-state index contributed by atoms with van der Waals surface area (Å²) in [7, 11) is 0. The molecule has 154 valence electrons. The molecule has 6 nitrogen and oxygen atoms in total. The molecule has 1 aliphatic heterocycles. The second-order valence-electron chi connectivity index (χ2n) is 7.23. The lowest BCUT2D eigenvalue weighted by atomic mass is 9.94. The number of nitrogens with zero attached hydrogens (tertiary/aromatic N) is 3. The molecule has 0 bridgehead atoms. The van der Waals surface area contributed by atoms with Crippen LogP contribution in [0.5, 0.6) is 0 Å². The van der Waals surface area contributed by atoms with Crippen LogP contribution in [0.25, 0.3) is 17.0 Å². The Morgan fingerprint density at radius 3 is 2.57 bits per heavy atom. The SMILES string of the molecule is CCCCN1C(=O)NC(c2ccc(F)cc2)C(c2nc(-c3ccccc3)no2)=C1C. The minimum Gasteiger partial charge on any atom is -0.334 e. The van der Waals surface area contributed by atoms with Crippen molar-refractivity contribution in [2.45, 2.75) is 32.7 Å². The maximum Gasteiger partial charge on any atom is 0.322 e. The number of aromatic nitrogens is 2. The van der Waals surface area contributed by atoms with Crippen LogP contribution in [0.4, 0.5) is 9.18 Å². The number of benzene rings is 2. The van der Waals surface area contributed by atoms with Crippen molar-refractivity contribution in [1.82, 2.24) is 20.4 Å². The summed E-state index contributed by atoms with van der Waals surface area (Å²) in [5.41, 5.74) is 3.05. The highest BCUT2D eigenvalue weighted by Crippen LogP contribution is 2.37. The zero-order valence-corrected chi connectivity index (χ0v) is 16.9. The van der Waals surface area contributed by atoms with E-state index in [0.29, 0.717) is 23.8 Å². The molecule has 1 N–H and O–H groups in total. The number of amides is 2. The highest BCUT2D eigenvalue weighted by molar-refractivity contribution is 5.86. The Hall–Kier alpha value is -3.48. The first kappa shape index (κ1) is 19.8. The van der Waals surface area contributed by atoms with Crippen molar-refractivity contribution in [2.24, 2.45) is 0 Å². The van der Waals surface area contributed by atoms with Crippen LogP contribution in [0.3, 0.4) is 0 Å². The highest BCUT2D eigenvalue weighted by Gasteiger charge is 2.35. The standard InChI is InChI=1S/C23H23FN4O2/c1-3-4-14-28-15(2)19(20(25-23(28)29)16-10-12-18(24)13-11-16)22-26-21(27-30-22)17-8-6-5-7-9-17/h5-13,20H,3-4,14H2,1-2H3,(H,25,29). The van der Waals surface area contributed by atoms with Crippen LogP contribution in [-0.2, 0) is 0 Å². The quantitative estimate of drug-likeness (QED) is 0.613. The second-order valence-corrected chi connectivity index (χ2v) is 7.23. The normalized spacial score (nSPS) is 16.7. The molecular weight excluding hydrogens is 383 g/mol. The molecule has 0 saturated carbocycles. The predicted octanol–water partition coefficient (Wildman–Crippen LogP) is 5.17. The van der Waals surface area contributed by atoms with Gasteiger partial charge < -0.3 is 9.84 Å². The number of hydrogen-bond donors (Lipinski definition) is 1. The Labute approximate surface area is 174 Å². The van der Waals surface area contributed by atoms with Gasteiger partial charge in [-0.15, -0.1) is 0 Å². The van der Waals surface area contributed by atoms with E-state index in [-0.39, 0.29) is 11.8 Å². The van der Waals surface area contributed by atoms with Gasteiger partial charge in [-0.2, -0.15) is 4.98 Å². The van der Waals surface area contributed by atoms with Gasteiger partial charge in [0.2, 0.25) is 5.82 Å². The first-order valence-corrected chi connectivity index (χ1v) is 10.0. The average molecular weight is 406 g/mol. The van der Waals surface area contributed by atoms with E-state index >= 15 is 0 Å². The molecule has 1 aromatic heterocycles. The summed E-state index contributed by atoms with van der Waals surface area (Å²) in [4.78, 5) is 19.1. The van der Waals surface area contributed by atoms with Crippen LogP contribution in [0.2, 0.25) is 0 Å². The highest BCUT2D eigenvalue weighted by atomic mass is 19.1. The number of allylic oxidation sites excluding steroid dienone is 1. The average Bonchev–Trinajstić information content (AvgIpc) is 3.24. The molecule has 2 heterocycles. The summed E-state index contributed by atoms with van der Waals surface area (Å²) in [6.45, 7) is 4.55. The number of urea groups is 1. The van der Waals surface area contributed by atoms with Crippen LogP contribution >= 0.6 is 0 Å². The lowest BCUT2D eigenvalue weighted by Crippen LogP contribution is -2.46. The first-order valence-electron chi connectivity index (χ1n) is 10.0. The maximum atomic E-state index is 13.5. The lowest BCUT2D eigenvalue weighted by Gasteiger charge is -2.35. The first-order chi connectivity index (χ1) is 14.6. The van der Waals surface area contributed by atoms with Crippen molar-refractivity contribution in [3.63, 3.8) is 0 Å². The van der Waals surface area contributed by atoms with E-state index in [9.17, 15) is 9.18 Å². The molecule has 2 amide bonds. The molecule has 0 radical (unpaired) electrons. The molecule has 4 rings (SSSR count). The van der Waals surface area contributed by atoms with Crippen LogP contribution in [0.15, 0.2) is 64.8 Å². The summed E-state index contributed by atoms with van der Waals surface area (Å²) < 4.78 is 19.1. The zero-order valence-electron chi connectivity index (χ0n) is 16.9. The Bertz CT molecular complexity index is 1060. The summed E-state index contributed by atoms with van der Waals surface area (Å²) >= 11 is 0. The van der Waals surface area contributed by atoms with Crippen molar-refractivity contribution in [3.05, 3.63) is 77.6 Å². The molecule has 0 aliphatic carbocycles. The smallest absolute Gasteiger partial charge is 0.322 e. The number of halogens is 1. The van der Waals surface area contributed by atoms with Crippen LogP contribution in [0.1, 0.15) is 44.2 Å². The Morgan fingerprint density at radius 2 is 1.87 bits per heavy atom. The molecule has 0 fully saturated rings. The van der Waals surface area contributed by atoms with Crippen molar-refractivity contribution in [2.75, 3.05) is 6.54 Å². The van der Waals surface area contributed by atoms with E-state index < -0.39 is 6.04 Å². The monoisotopic (exact) mass is 406 g/mol. The van der Waals surface area contributed by atoms with E-state index in [1.807, 2.05) is 37.3 Å². The molecule has 3 aromatic rings. The number of hydrogen-bond acceptors (Lipinski definition) is 4. The predicted molar refractivity (Wildman–Crippen MR) is 112 cm³/mol. The molecule has 1 aliphatic rings. The third-order valence-electron chi connectivity index (χ3n) is 5.22. The number of carbonyl (C=O) groups excluding carboxylic acids is 1. The summed E-state index contributed by atoms with van der Waals surface area (Å²) in [6.07, 6.45) is 1.84. The van der Waals surface area contributed by atoms with Crippen molar-refractivity contribution >= 4 is 11.6 Å². The fourth-order valence-corrected chi connectivity index (χ4v) is 3.59. The van der Waals surface area contributed by atoms with E-state index in [0.717, 1.165) is 29.7 Å². The molecule has 30 heavy (non-hydrogen) atoms. The minimum absolute atomic E-state index is 0.193. The Morgan fingerprint density at radius 1 is 1.13 bits per heavy atom. The van der Waals surface area contributed by atoms with Gasteiger partial charge in [-0.3, -0.25) is 4.90 Å². The minimum atomic E-state index is -0.514. The van der Waals surface area contributed by atoms with Gasteiger partial charge in [-0.25, -0.2) is 9.18 Å².